The highest BCUT2D eigenvalue weighted by molar-refractivity contribution is 6.30. The van der Waals surface area contributed by atoms with Crippen molar-refractivity contribution in [2.24, 2.45) is 5.92 Å². The zero-order chi connectivity index (χ0) is 29.3. The van der Waals surface area contributed by atoms with Crippen LogP contribution in [0.4, 0.5) is 4.79 Å². The molecule has 4 N–H and O–H groups in total. The lowest BCUT2D eigenvalue weighted by atomic mass is 9.82. The Morgan fingerprint density at radius 2 is 1.85 bits per heavy atom. The molecule has 10 heteroatoms. The number of alkyl carbamates (subject to hydrolysis) is 1. The average Bonchev–Trinajstić information content (AvgIpc) is 3.16. The molecule has 40 heavy (non-hydrogen) atoms. The summed E-state index contributed by atoms with van der Waals surface area (Å²) >= 11 is 6.10. The van der Waals surface area contributed by atoms with Crippen LogP contribution in [0.25, 0.3) is 0 Å². The van der Waals surface area contributed by atoms with E-state index in [-0.39, 0.29) is 36.2 Å². The van der Waals surface area contributed by atoms with Crippen molar-refractivity contribution < 1.29 is 19.1 Å². The lowest BCUT2D eigenvalue weighted by Gasteiger charge is -2.29. The number of amides is 3. The highest BCUT2D eigenvalue weighted by Gasteiger charge is 2.50. The van der Waals surface area contributed by atoms with Gasteiger partial charge in [0.2, 0.25) is 5.91 Å². The average molecular weight is 570 g/mol. The molecule has 2 aromatic carbocycles. The molecule has 0 aromatic heterocycles. The van der Waals surface area contributed by atoms with Crippen molar-refractivity contribution in [3.63, 3.8) is 0 Å². The van der Waals surface area contributed by atoms with Gasteiger partial charge in [-0.25, -0.2) is 4.79 Å². The van der Waals surface area contributed by atoms with Crippen LogP contribution < -0.4 is 16.0 Å². The number of hydrogen-bond donors (Lipinski definition) is 4. The fourth-order valence-electron chi connectivity index (χ4n) is 5.14. The molecular formula is C30H40ClN5O4. The van der Waals surface area contributed by atoms with Gasteiger partial charge in [0.1, 0.15) is 11.6 Å². The Morgan fingerprint density at radius 3 is 2.48 bits per heavy atom. The summed E-state index contributed by atoms with van der Waals surface area (Å²) in [5, 5.41) is 17.9. The second-order valence-electron chi connectivity index (χ2n) is 10.6. The highest BCUT2D eigenvalue weighted by atomic mass is 35.5. The summed E-state index contributed by atoms with van der Waals surface area (Å²) in [7, 11) is 1.25. The van der Waals surface area contributed by atoms with Crippen LogP contribution in [0.5, 0.6) is 0 Å². The van der Waals surface area contributed by atoms with Crippen LogP contribution in [0.3, 0.4) is 0 Å². The molecule has 1 aliphatic rings. The monoisotopic (exact) mass is 569 g/mol. The number of ether oxygens (including phenoxy) is 1. The summed E-state index contributed by atoms with van der Waals surface area (Å²) in [6, 6.07) is 15.7. The van der Waals surface area contributed by atoms with E-state index >= 15 is 0 Å². The summed E-state index contributed by atoms with van der Waals surface area (Å²) in [6.45, 7) is 6.46. The van der Waals surface area contributed by atoms with Gasteiger partial charge in [0.25, 0.3) is 5.91 Å². The second-order valence-corrected chi connectivity index (χ2v) is 11.0. The lowest BCUT2D eigenvalue weighted by Crippen LogP contribution is -2.50. The first kappa shape index (κ1) is 30.9. The standard InChI is InChI=1S/C30H40ClN5O4/c1-5-24(33-26(37)25(34-29(39)40-4)18-21-11-9-14-23(31)17-21)15-10-16-36-27(38)30(19-20(2)3,35-28(36)32)22-12-7-6-8-13-22/h6-9,11-14,17,20,24-25H,5,10,15-16,18-19H2,1-4H3,(H2,32,35)(H,33,37)(H,34,39)/t24?,25-,30?/m0/s1. The molecule has 1 fully saturated rings. The minimum Gasteiger partial charge on any atom is -0.453 e. The van der Waals surface area contributed by atoms with E-state index < -0.39 is 17.7 Å². The smallest absolute Gasteiger partial charge is 0.407 e. The minimum atomic E-state index is -0.960. The molecule has 0 spiro atoms. The molecule has 1 heterocycles. The van der Waals surface area contributed by atoms with E-state index in [1.807, 2.05) is 43.3 Å². The number of halogens is 1. The third-order valence-electron chi connectivity index (χ3n) is 7.09. The number of rotatable bonds is 13. The van der Waals surface area contributed by atoms with Crippen LogP contribution in [-0.4, -0.2) is 54.5 Å². The first-order valence-corrected chi connectivity index (χ1v) is 14.1. The maximum Gasteiger partial charge on any atom is 0.407 e. The maximum atomic E-state index is 13.7. The normalized spacial score (nSPS) is 18.3. The molecule has 1 aliphatic heterocycles. The van der Waals surface area contributed by atoms with E-state index in [1.54, 1.807) is 18.2 Å². The van der Waals surface area contributed by atoms with Gasteiger partial charge >= 0.3 is 6.09 Å². The van der Waals surface area contributed by atoms with Crippen LogP contribution in [-0.2, 0) is 26.3 Å². The molecule has 0 bridgehead atoms. The van der Waals surface area contributed by atoms with Crippen molar-refractivity contribution >= 4 is 35.5 Å². The fourth-order valence-corrected chi connectivity index (χ4v) is 5.35. The van der Waals surface area contributed by atoms with Crippen molar-refractivity contribution in [2.75, 3.05) is 13.7 Å². The van der Waals surface area contributed by atoms with Gasteiger partial charge in [-0.2, -0.15) is 0 Å². The van der Waals surface area contributed by atoms with E-state index in [9.17, 15) is 14.4 Å². The molecular weight excluding hydrogens is 530 g/mol. The molecule has 1 saturated heterocycles. The van der Waals surface area contributed by atoms with E-state index in [2.05, 4.69) is 29.8 Å². The lowest BCUT2D eigenvalue weighted by molar-refractivity contribution is -0.132. The Hall–Kier alpha value is -3.59. The quantitative estimate of drug-likeness (QED) is 0.281. The predicted molar refractivity (Wildman–Crippen MR) is 156 cm³/mol. The number of methoxy groups -OCH3 is 1. The van der Waals surface area contributed by atoms with E-state index in [0.717, 1.165) is 11.1 Å². The number of guanidine groups is 1. The largest absolute Gasteiger partial charge is 0.453 e. The summed E-state index contributed by atoms with van der Waals surface area (Å²) in [5.41, 5.74) is 0.695. The Morgan fingerprint density at radius 1 is 1.12 bits per heavy atom. The van der Waals surface area contributed by atoms with Crippen LogP contribution in [0.2, 0.25) is 5.02 Å². The number of nitrogens with zero attached hydrogens (tertiary/aromatic N) is 1. The number of benzene rings is 2. The van der Waals surface area contributed by atoms with Gasteiger partial charge in [0, 0.05) is 24.0 Å². The second kappa shape index (κ2) is 14.2. The molecule has 0 radical (unpaired) electrons. The molecule has 2 unspecified atom stereocenters. The van der Waals surface area contributed by atoms with E-state index in [4.69, 9.17) is 21.7 Å². The number of nitrogens with one attached hydrogen (secondary N) is 4. The summed E-state index contributed by atoms with van der Waals surface area (Å²) in [6.07, 6.45) is 1.98. The van der Waals surface area contributed by atoms with Gasteiger partial charge in [0.15, 0.2) is 5.96 Å². The molecule has 216 valence electrons. The Kier molecular flexibility index (Phi) is 11.0. The van der Waals surface area contributed by atoms with Gasteiger partial charge in [-0.15, -0.1) is 0 Å². The first-order valence-electron chi connectivity index (χ1n) is 13.7. The summed E-state index contributed by atoms with van der Waals surface area (Å²) in [5.74, 6) is -0.125. The third-order valence-corrected chi connectivity index (χ3v) is 7.32. The van der Waals surface area contributed by atoms with Gasteiger partial charge in [-0.3, -0.25) is 19.9 Å². The van der Waals surface area contributed by atoms with Crippen molar-refractivity contribution in [3.05, 3.63) is 70.7 Å². The molecule has 2 aromatic rings. The number of carbonyl (C=O) groups excluding carboxylic acids is 3. The van der Waals surface area contributed by atoms with Crippen LogP contribution >= 0.6 is 11.6 Å². The van der Waals surface area contributed by atoms with Crippen LogP contribution in [0, 0.1) is 11.3 Å². The SMILES string of the molecule is CCC(CCCN1C(=N)NC(CC(C)C)(c2ccccc2)C1=O)NC(=O)[C@H](Cc1cccc(Cl)c1)NC(=O)OC. The minimum absolute atomic E-state index is 0.0930. The van der Waals surface area contributed by atoms with Crippen LogP contribution in [0.15, 0.2) is 54.6 Å². The number of hydrogen-bond acceptors (Lipinski definition) is 5. The third kappa shape index (κ3) is 7.75. The van der Waals surface area contributed by atoms with E-state index in [1.165, 1.54) is 12.0 Å². The van der Waals surface area contributed by atoms with Crippen molar-refractivity contribution in [3.8, 4) is 0 Å². The van der Waals surface area contributed by atoms with Crippen molar-refractivity contribution in [1.82, 2.24) is 20.9 Å². The zero-order valence-electron chi connectivity index (χ0n) is 23.6. The highest BCUT2D eigenvalue weighted by Crippen LogP contribution is 2.35. The molecule has 3 rings (SSSR count). The van der Waals surface area contributed by atoms with Gasteiger partial charge in [0.05, 0.1) is 7.11 Å². The number of carbonyl (C=O) groups is 3. The zero-order valence-corrected chi connectivity index (χ0v) is 24.4. The van der Waals surface area contributed by atoms with Crippen molar-refractivity contribution in [2.45, 2.75) is 70.5 Å². The van der Waals surface area contributed by atoms with E-state index in [0.29, 0.717) is 37.3 Å². The Bertz CT molecular complexity index is 1190. The summed E-state index contributed by atoms with van der Waals surface area (Å²) < 4.78 is 4.72. The fraction of sp³-hybridized carbons (Fsp3) is 0.467. The molecule has 3 atom stereocenters. The molecule has 3 amide bonds. The van der Waals surface area contributed by atoms with Crippen molar-refractivity contribution in [1.29, 1.82) is 5.41 Å². The Labute approximate surface area is 241 Å². The predicted octanol–water partition coefficient (Wildman–Crippen LogP) is 4.59. The van der Waals surface area contributed by atoms with Crippen LogP contribution in [0.1, 0.15) is 57.6 Å². The first-order chi connectivity index (χ1) is 19.1. The molecule has 9 nitrogen and oxygen atoms in total. The van der Waals surface area contributed by atoms with Gasteiger partial charge in [-0.1, -0.05) is 74.8 Å². The van der Waals surface area contributed by atoms with Gasteiger partial charge < -0.3 is 20.7 Å². The maximum absolute atomic E-state index is 13.7. The molecule has 0 aliphatic carbocycles. The van der Waals surface area contributed by atoms with Gasteiger partial charge in [-0.05, 0) is 54.9 Å². The Balaban J connectivity index is 1.64. The molecule has 0 saturated carbocycles. The topological polar surface area (TPSA) is 124 Å². The summed E-state index contributed by atoms with van der Waals surface area (Å²) in [4.78, 5) is 40.3.